The first-order valence-electron chi connectivity index (χ1n) is 17.8. The Morgan fingerprint density at radius 1 is 0.979 bits per heavy atom. The van der Waals surface area contributed by atoms with Crippen molar-refractivity contribution in [3.05, 3.63) is 59.4 Å². The maximum absolute atomic E-state index is 17.7. The number of benzene rings is 2. The van der Waals surface area contributed by atoms with E-state index in [1.54, 1.807) is 25.1 Å². The van der Waals surface area contributed by atoms with Crippen molar-refractivity contribution >= 4 is 17.5 Å². The van der Waals surface area contributed by atoms with Crippen molar-refractivity contribution in [3.8, 4) is 5.75 Å². The third kappa shape index (κ3) is 6.74. The maximum Gasteiger partial charge on any atom is 0.262 e. The number of halogens is 2. The highest BCUT2D eigenvalue weighted by atomic mass is 19.1. The highest BCUT2D eigenvalue weighted by molar-refractivity contribution is 5.88. The quantitative estimate of drug-likeness (QED) is 0.372. The van der Waals surface area contributed by atoms with Crippen LogP contribution in [0.3, 0.4) is 0 Å². The van der Waals surface area contributed by atoms with Crippen LogP contribution in [0.25, 0.3) is 0 Å². The highest BCUT2D eigenvalue weighted by Gasteiger charge is 2.57. The van der Waals surface area contributed by atoms with E-state index >= 15 is 4.39 Å². The third-order valence-electron chi connectivity index (χ3n) is 11.9. The standard InChI is InChI=1S/C38H52F2N4O3/c1-5-26-21-43(22-33(26)32-15-10-29(39)20-35(32)42-18-16-28(17-19-42)36(45)41-3)37(46)38(40)24-44(30-11-6-25(2)7-12-30)23-34(38)27-8-13-31(47-4)14-9-27/h8-10,13-15,20,25-26,28,30,33-34H,5-7,11-12,16-19,21-24H2,1-4H3,(H,41,45)/t25-,26-,30-,33-,34-,38-/m0/s1. The summed E-state index contributed by atoms with van der Waals surface area (Å²) in [6.45, 7) is 7.26. The summed E-state index contributed by atoms with van der Waals surface area (Å²) in [4.78, 5) is 33.0. The van der Waals surface area contributed by atoms with Crippen molar-refractivity contribution in [2.45, 2.75) is 82.3 Å². The minimum absolute atomic E-state index is 0.0309. The Bertz CT molecular complexity index is 1410. The number of ether oxygens (including phenoxy) is 1. The smallest absolute Gasteiger partial charge is 0.262 e. The number of hydrogen-bond acceptors (Lipinski definition) is 5. The average Bonchev–Trinajstić information content (AvgIpc) is 3.70. The number of alkyl halides is 1. The molecular formula is C38H52F2N4O3. The molecule has 7 nitrogen and oxygen atoms in total. The average molecular weight is 651 g/mol. The molecule has 3 heterocycles. The Labute approximate surface area is 279 Å². The van der Waals surface area contributed by atoms with E-state index in [1.165, 1.54) is 6.07 Å². The second kappa shape index (κ2) is 14.1. The predicted octanol–water partition coefficient (Wildman–Crippen LogP) is 6.14. The van der Waals surface area contributed by atoms with Gasteiger partial charge in [0.1, 0.15) is 11.6 Å². The van der Waals surface area contributed by atoms with Crippen LogP contribution in [0.1, 0.15) is 81.8 Å². The molecule has 2 amide bonds. The Hall–Kier alpha value is -3.20. The molecule has 0 radical (unpaired) electrons. The molecule has 1 aliphatic carbocycles. The largest absolute Gasteiger partial charge is 0.497 e. The highest BCUT2D eigenvalue weighted by Crippen LogP contribution is 2.47. The number of nitrogens with zero attached hydrogens (tertiary/aromatic N) is 3. The van der Waals surface area contributed by atoms with Crippen LogP contribution in [0.2, 0.25) is 0 Å². The lowest BCUT2D eigenvalue weighted by Gasteiger charge is -2.35. The fourth-order valence-corrected chi connectivity index (χ4v) is 8.91. The Kier molecular flexibility index (Phi) is 10.1. The van der Waals surface area contributed by atoms with Gasteiger partial charge in [-0.05, 0) is 85.8 Å². The summed E-state index contributed by atoms with van der Waals surface area (Å²) < 4.78 is 37.8. The first kappa shape index (κ1) is 33.7. The van der Waals surface area contributed by atoms with Crippen molar-refractivity contribution in [3.63, 3.8) is 0 Å². The van der Waals surface area contributed by atoms with Crippen LogP contribution in [-0.2, 0) is 9.59 Å². The van der Waals surface area contributed by atoms with Gasteiger partial charge < -0.3 is 19.9 Å². The summed E-state index contributed by atoms with van der Waals surface area (Å²) in [6.07, 6.45) is 6.59. The molecule has 2 aromatic carbocycles. The molecule has 1 N–H and O–H groups in total. The fraction of sp³-hybridized carbons (Fsp3) is 0.632. The van der Waals surface area contributed by atoms with E-state index < -0.39 is 17.5 Å². The lowest BCUT2D eigenvalue weighted by Crippen LogP contribution is -2.50. The minimum atomic E-state index is -2.04. The van der Waals surface area contributed by atoms with E-state index in [4.69, 9.17) is 4.74 Å². The number of carbonyl (C=O) groups excluding carboxylic acids is 2. The van der Waals surface area contributed by atoms with Gasteiger partial charge in [0.25, 0.3) is 5.91 Å². The van der Waals surface area contributed by atoms with Crippen molar-refractivity contribution in [2.75, 3.05) is 58.3 Å². The number of amides is 2. The summed E-state index contributed by atoms with van der Waals surface area (Å²) in [5.41, 5.74) is 0.633. The number of methoxy groups -OCH3 is 1. The van der Waals surface area contributed by atoms with Gasteiger partial charge in [0.2, 0.25) is 11.6 Å². The number of hydrogen-bond donors (Lipinski definition) is 1. The van der Waals surface area contributed by atoms with Gasteiger partial charge in [-0.2, -0.15) is 0 Å². The number of piperidine rings is 1. The van der Waals surface area contributed by atoms with Gasteiger partial charge in [0, 0.05) is 75.8 Å². The second-order valence-corrected chi connectivity index (χ2v) is 14.6. The second-order valence-electron chi connectivity index (χ2n) is 14.6. The van der Waals surface area contributed by atoms with E-state index in [2.05, 4.69) is 29.0 Å². The third-order valence-corrected chi connectivity index (χ3v) is 11.9. The van der Waals surface area contributed by atoms with Crippen LogP contribution < -0.4 is 15.0 Å². The number of nitrogens with one attached hydrogen (secondary N) is 1. The molecular weight excluding hydrogens is 598 g/mol. The van der Waals surface area contributed by atoms with Gasteiger partial charge in [-0.15, -0.1) is 0 Å². The molecule has 3 saturated heterocycles. The van der Waals surface area contributed by atoms with Crippen LogP contribution in [-0.4, -0.2) is 86.8 Å². The SMILES string of the molecule is CC[C@H]1CN(C(=O)[C@]2(F)CN([C@H]3CC[C@H](C)CC3)C[C@H]2c2ccc(OC)cc2)C[C@@H]1c1ccc(F)cc1N1CCC(C(=O)NC)CC1. The topological polar surface area (TPSA) is 65.1 Å². The van der Waals surface area contributed by atoms with Crippen LogP contribution in [0.4, 0.5) is 14.5 Å². The molecule has 0 bridgehead atoms. The Morgan fingerprint density at radius 3 is 2.32 bits per heavy atom. The van der Waals surface area contributed by atoms with E-state index in [0.29, 0.717) is 63.3 Å². The van der Waals surface area contributed by atoms with Crippen LogP contribution in [0.15, 0.2) is 42.5 Å². The van der Waals surface area contributed by atoms with E-state index in [-0.39, 0.29) is 36.0 Å². The zero-order chi connectivity index (χ0) is 33.3. The molecule has 4 fully saturated rings. The molecule has 0 aromatic heterocycles. The molecule has 47 heavy (non-hydrogen) atoms. The summed E-state index contributed by atoms with van der Waals surface area (Å²) in [5, 5.41) is 2.76. The van der Waals surface area contributed by atoms with Crippen molar-refractivity contribution < 1.29 is 23.1 Å². The first-order valence-corrected chi connectivity index (χ1v) is 17.8. The molecule has 0 unspecified atom stereocenters. The van der Waals surface area contributed by atoms with Crippen molar-refractivity contribution in [2.24, 2.45) is 17.8 Å². The summed E-state index contributed by atoms with van der Waals surface area (Å²) >= 11 is 0. The van der Waals surface area contributed by atoms with Gasteiger partial charge in [0.05, 0.1) is 7.11 Å². The zero-order valence-corrected chi connectivity index (χ0v) is 28.5. The number of likely N-dealkylation sites (tertiary alicyclic amines) is 2. The first-order chi connectivity index (χ1) is 22.6. The summed E-state index contributed by atoms with van der Waals surface area (Å²) in [5.74, 6) is 0.225. The van der Waals surface area contributed by atoms with E-state index in [0.717, 1.165) is 48.9 Å². The number of rotatable bonds is 8. The number of carbonyl (C=O) groups is 2. The van der Waals surface area contributed by atoms with Crippen LogP contribution in [0.5, 0.6) is 5.75 Å². The van der Waals surface area contributed by atoms with Crippen LogP contribution >= 0.6 is 0 Å². The Morgan fingerprint density at radius 2 is 1.68 bits per heavy atom. The number of anilines is 1. The molecule has 256 valence electrons. The van der Waals surface area contributed by atoms with Crippen molar-refractivity contribution in [1.29, 1.82) is 0 Å². The normalized spacial score (nSPS) is 30.5. The van der Waals surface area contributed by atoms with Crippen LogP contribution in [0, 0.1) is 23.6 Å². The molecule has 2 aromatic rings. The Balaban J connectivity index is 1.25. The van der Waals surface area contributed by atoms with E-state index in [1.807, 2.05) is 30.3 Å². The zero-order valence-electron chi connectivity index (χ0n) is 28.5. The molecule has 0 spiro atoms. The lowest BCUT2D eigenvalue weighted by molar-refractivity contribution is -0.143. The van der Waals surface area contributed by atoms with Gasteiger partial charge in [-0.1, -0.05) is 38.5 Å². The van der Waals surface area contributed by atoms with Gasteiger partial charge in [-0.25, -0.2) is 8.78 Å². The maximum atomic E-state index is 17.7. The molecule has 1 saturated carbocycles. The van der Waals surface area contributed by atoms with Gasteiger partial charge >= 0.3 is 0 Å². The summed E-state index contributed by atoms with van der Waals surface area (Å²) in [7, 11) is 3.28. The predicted molar refractivity (Wildman–Crippen MR) is 181 cm³/mol. The van der Waals surface area contributed by atoms with Crippen molar-refractivity contribution in [1.82, 2.24) is 15.1 Å². The van der Waals surface area contributed by atoms with Gasteiger partial charge in [0.15, 0.2) is 0 Å². The molecule has 4 aliphatic rings. The molecule has 9 heteroatoms. The van der Waals surface area contributed by atoms with Gasteiger partial charge in [-0.3, -0.25) is 14.5 Å². The summed E-state index contributed by atoms with van der Waals surface area (Å²) in [6, 6.07) is 12.8. The monoisotopic (exact) mass is 650 g/mol. The lowest BCUT2D eigenvalue weighted by atomic mass is 9.85. The molecule has 3 aliphatic heterocycles. The molecule has 4 atom stereocenters. The minimum Gasteiger partial charge on any atom is -0.497 e. The van der Waals surface area contributed by atoms with E-state index in [9.17, 15) is 14.0 Å². The fourth-order valence-electron chi connectivity index (χ4n) is 8.91. The molecule has 6 rings (SSSR count).